The molecule has 8 rings (SSSR count). The number of aliphatic hydroxyl groups is 1. The number of aliphatic hydroxyl groups excluding tert-OH is 1. The number of pyridine rings is 1. The highest BCUT2D eigenvalue weighted by molar-refractivity contribution is 6.30. The summed E-state index contributed by atoms with van der Waals surface area (Å²) >= 11 is 6.27. The van der Waals surface area contributed by atoms with Crippen LogP contribution in [0.4, 0.5) is 16.2 Å². The van der Waals surface area contributed by atoms with E-state index >= 15 is 9.59 Å². The van der Waals surface area contributed by atoms with E-state index in [9.17, 15) is 62.6 Å². The van der Waals surface area contributed by atoms with Gasteiger partial charge in [-0.25, -0.2) is 4.79 Å². The number of anilines is 2. The maximum Gasteiger partial charge on any atom is 0.322 e. The fourth-order valence-electron chi connectivity index (χ4n) is 13.2. The summed E-state index contributed by atoms with van der Waals surface area (Å²) in [4.78, 5) is 201. The van der Waals surface area contributed by atoms with Crippen molar-refractivity contribution in [1.82, 2.24) is 73.7 Å². The number of imide groups is 1. The molecule has 2 saturated heterocycles. The molecule has 0 bridgehead atoms. The van der Waals surface area contributed by atoms with Gasteiger partial charge in [0, 0.05) is 80.4 Å². The van der Waals surface area contributed by atoms with Crippen LogP contribution in [0.2, 0.25) is 5.02 Å². The zero-order chi connectivity index (χ0) is 82.7. The zero-order valence-corrected chi connectivity index (χ0v) is 65.2. The number of urea groups is 1. The minimum atomic E-state index is -1.89. The summed E-state index contributed by atoms with van der Waals surface area (Å²) < 4.78 is 0. The summed E-state index contributed by atoms with van der Waals surface area (Å²) in [7, 11) is 0. The number of nitrogen functional groups attached to an aromatic ring is 1. The van der Waals surface area contributed by atoms with Gasteiger partial charge >= 0.3 is 6.03 Å². The molecular weight excluding hydrogens is 1490 g/mol. The number of carbonyl (C=O) groups excluding carboxylic acids is 14. The SMILES string of the molecule is CC(=O)N[C@H](Cc1ccc2ccccc2c1)C(=O)N[C@H](Cc1ccc(Cl)cc1)C(=O)N[C@H](Cc1cccnc1)C(=O)N[C@@H](CO)C(=O)N[C@@H](Cc1ccc(NC(=O)[C@@H]2CC(=O)NC(=O)N2)cc1)C(=O)N[C@H](Cc1ccc(N)cc1)C(=O)N[C@@H](CC(C)C)C(=O)N[C@@H](CCCCNC(C)C)C(=O)N1CCC[C@H]1C(=O)N[C@H](C)C(N)=O. The highest BCUT2D eigenvalue weighted by Gasteiger charge is 2.41. The molecule has 0 unspecified atom stereocenters. The van der Waals surface area contributed by atoms with Gasteiger partial charge in [0.25, 0.3) is 0 Å². The molecule has 6 aromatic rings. The van der Waals surface area contributed by atoms with Crippen LogP contribution in [-0.2, 0) is 94.4 Å². The minimum Gasteiger partial charge on any atom is -0.399 e. The van der Waals surface area contributed by atoms with Crippen LogP contribution in [0.15, 0.2) is 140 Å². The molecule has 0 radical (unpaired) electrons. The monoisotopic (exact) mass is 1590 g/mol. The molecule has 0 saturated carbocycles. The largest absolute Gasteiger partial charge is 0.399 e. The molecule has 0 aliphatic carbocycles. The van der Waals surface area contributed by atoms with E-state index in [1.54, 1.807) is 74.5 Å². The Morgan fingerprint density at radius 1 is 0.561 bits per heavy atom. The Bertz CT molecular complexity index is 4390. The number of halogens is 1. The van der Waals surface area contributed by atoms with E-state index in [0.717, 1.165) is 10.8 Å². The number of carbonyl (C=O) groups is 14. The quantitative estimate of drug-likeness (QED) is 0.0192. The Balaban J connectivity index is 1.08. The van der Waals surface area contributed by atoms with Gasteiger partial charge in [-0.15, -0.1) is 0 Å². The van der Waals surface area contributed by atoms with Crippen LogP contribution in [0.3, 0.4) is 0 Å². The molecule has 15 amide bonds. The van der Waals surface area contributed by atoms with Crippen molar-refractivity contribution in [3.8, 4) is 0 Å². The van der Waals surface area contributed by atoms with Gasteiger partial charge in [-0.2, -0.15) is 0 Å². The average Bonchev–Trinajstić information content (AvgIpc) is 1.54. The maximum absolute atomic E-state index is 15.4. The average molecular weight is 1590 g/mol. The smallest absolute Gasteiger partial charge is 0.322 e. The molecular formula is C81H102ClN17O15. The molecule has 608 valence electrons. The standard InChI is InChI=1S/C81H102ClN17O15/c1-45(2)35-60(72(105)90-59(16-9-10-33-86-46(3)4)80(113)99-34-12-17-68(99)79(112)87-47(5)70(84)103)91-74(107)63(38-50-21-28-57(83)29-22-50)93-76(109)64(39-51-23-30-58(31-24-51)89-71(104)66-42-69(102)98-81(114)97-66)95-78(111)67(44-100)96-77(110)65(41-53-13-11-32-85-43-53)94-75(108)62(37-49-19-26-56(82)27-20-49)92-73(106)61(88-48(6)101)40-52-18-25-54-14-7-8-15-55(54)36-52/h7-8,11,13-15,18-32,36,43,45-47,59-68,86,100H,9-10,12,16-17,33-35,37-42,44,83H2,1-6H3,(H2,84,103)(H,87,112)(H,88,101)(H,89,104)(H,90,105)(H,91,107)(H,92,106)(H,93,109)(H,94,108)(H,95,111)(H,96,110)(H2,97,98,102,114)/t47-,59+,60+,61-,62-,63-,64+,65-,66+,67+,68+/m1/s1. The van der Waals surface area contributed by atoms with E-state index in [2.05, 4.69) is 74.1 Å². The number of primary amides is 1. The molecule has 2 aliphatic heterocycles. The van der Waals surface area contributed by atoms with E-state index in [1.807, 2.05) is 56.3 Å². The van der Waals surface area contributed by atoms with Crippen molar-refractivity contribution in [3.63, 3.8) is 0 Å². The Kier molecular flexibility index (Phi) is 32.8. The Labute approximate surface area is 665 Å². The lowest BCUT2D eigenvalue weighted by atomic mass is 9.99. The zero-order valence-electron chi connectivity index (χ0n) is 64.5. The number of fused-ring (bicyclic) bond motifs is 1. The predicted molar refractivity (Wildman–Crippen MR) is 425 cm³/mol. The van der Waals surface area contributed by atoms with Gasteiger partial charge in [0.05, 0.1) is 13.0 Å². The molecule has 114 heavy (non-hydrogen) atoms. The number of nitrogens with one attached hydrogen (secondary N) is 13. The molecule has 0 spiro atoms. The van der Waals surface area contributed by atoms with Crippen LogP contribution < -0.4 is 80.6 Å². The van der Waals surface area contributed by atoms with Crippen molar-refractivity contribution in [2.24, 2.45) is 11.7 Å². The molecule has 33 heteroatoms. The van der Waals surface area contributed by atoms with E-state index in [-0.39, 0.29) is 75.6 Å². The van der Waals surface area contributed by atoms with E-state index in [0.29, 0.717) is 64.3 Å². The summed E-state index contributed by atoms with van der Waals surface area (Å²) in [6.45, 7) is 9.88. The molecule has 11 atom stereocenters. The third-order valence-corrected chi connectivity index (χ3v) is 19.5. The summed E-state index contributed by atoms with van der Waals surface area (Å²) in [5.74, 6) is -10.7. The highest BCUT2D eigenvalue weighted by atomic mass is 35.5. The van der Waals surface area contributed by atoms with E-state index in [4.69, 9.17) is 23.1 Å². The number of rotatable bonds is 40. The fourth-order valence-corrected chi connectivity index (χ4v) is 13.3. The first-order chi connectivity index (χ1) is 54.4. The van der Waals surface area contributed by atoms with Gasteiger partial charge in [-0.1, -0.05) is 124 Å². The molecule has 18 N–H and O–H groups in total. The lowest BCUT2D eigenvalue weighted by molar-refractivity contribution is -0.142. The second-order valence-corrected chi connectivity index (χ2v) is 29.8. The molecule has 1 aromatic heterocycles. The number of benzene rings is 5. The van der Waals surface area contributed by atoms with Crippen LogP contribution in [0.1, 0.15) is 114 Å². The van der Waals surface area contributed by atoms with Crippen molar-refractivity contribution in [2.45, 2.75) is 191 Å². The second kappa shape index (κ2) is 42.7. The molecule has 3 heterocycles. The number of amides is 15. The number of aromatic nitrogens is 1. The highest BCUT2D eigenvalue weighted by Crippen LogP contribution is 2.23. The predicted octanol–water partition coefficient (Wildman–Crippen LogP) is 1.61. The first-order valence-corrected chi connectivity index (χ1v) is 38.4. The van der Waals surface area contributed by atoms with Crippen molar-refractivity contribution in [2.75, 3.05) is 30.7 Å². The normalized spacial score (nSPS) is 16.3. The van der Waals surface area contributed by atoms with Crippen LogP contribution in [0.25, 0.3) is 10.8 Å². The van der Waals surface area contributed by atoms with Gasteiger partial charge in [0.1, 0.15) is 66.5 Å². The van der Waals surface area contributed by atoms with Crippen molar-refractivity contribution in [3.05, 3.63) is 173 Å². The van der Waals surface area contributed by atoms with Gasteiger partial charge in [-0.05, 0) is 139 Å². The number of hydrogen-bond donors (Lipinski definition) is 16. The number of nitrogens with zero attached hydrogens (tertiary/aromatic N) is 2. The number of likely N-dealkylation sites (tertiary alicyclic amines) is 1. The number of hydrogen-bond acceptors (Lipinski definition) is 18. The lowest BCUT2D eigenvalue weighted by Crippen LogP contribution is -2.62. The second-order valence-electron chi connectivity index (χ2n) is 29.3. The summed E-state index contributed by atoms with van der Waals surface area (Å²) in [6, 6.07) is 19.1. The van der Waals surface area contributed by atoms with E-state index in [1.165, 1.54) is 55.4 Å². The Hall–Kier alpha value is -11.9. The van der Waals surface area contributed by atoms with Gasteiger partial charge in [-0.3, -0.25) is 72.6 Å². The summed E-state index contributed by atoms with van der Waals surface area (Å²) in [5, 5.41) is 48.1. The van der Waals surface area contributed by atoms with Crippen LogP contribution in [0, 0.1) is 5.92 Å². The topological polar surface area (TPSA) is 484 Å². The Morgan fingerprint density at radius 3 is 1.60 bits per heavy atom. The lowest BCUT2D eigenvalue weighted by Gasteiger charge is -2.31. The molecule has 5 aromatic carbocycles. The van der Waals surface area contributed by atoms with Crippen molar-refractivity contribution < 1.29 is 72.2 Å². The van der Waals surface area contributed by atoms with Crippen LogP contribution in [0.5, 0.6) is 0 Å². The van der Waals surface area contributed by atoms with Crippen LogP contribution in [-0.4, -0.2) is 190 Å². The molecule has 2 aliphatic rings. The third kappa shape index (κ3) is 27.2. The molecule has 32 nitrogen and oxygen atoms in total. The number of unbranched alkanes of at least 4 members (excludes halogenated alkanes) is 1. The van der Waals surface area contributed by atoms with E-state index < -0.39 is 162 Å². The van der Waals surface area contributed by atoms with Gasteiger partial charge in [0.15, 0.2) is 0 Å². The maximum atomic E-state index is 15.4. The first-order valence-electron chi connectivity index (χ1n) is 38.0. The van der Waals surface area contributed by atoms with Gasteiger partial charge in [0.2, 0.25) is 76.8 Å². The minimum absolute atomic E-state index is 0.00804. The third-order valence-electron chi connectivity index (χ3n) is 19.2. The summed E-state index contributed by atoms with van der Waals surface area (Å²) in [5.41, 5.74) is 14.5. The Morgan fingerprint density at radius 2 is 1.06 bits per heavy atom. The first kappa shape index (κ1) is 87.7. The summed E-state index contributed by atoms with van der Waals surface area (Å²) in [6.07, 6.45) is 3.37. The van der Waals surface area contributed by atoms with Crippen LogP contribution >= 0.6 is 11.6 Å². The number of nitrogens with two attached hydrogens (primary N) is 2. The van der Waals surface area contributed by atoms with Crippen molar-refractivity contribution in [1.29, 1.82) is 0 Å². The fraction of sp³-hybridized carbons (Fsp3) is 0.420. The van der Waals surface area contributed by atoms with Gasteiger partial charge < -0.3 is 85.3 Å². The molecule has 2 fully saturated rings. The van der Waals surface area contributed by atoms with Crippen molar-refractivity contribution >= 4 is 117 Å².